The van der Waals surface area contributed by atoms with E-state index in [4.69, 9.17) is 16.9 Å². The Kier molecular flexibility index (Phi) is 3.92. The minimum atomic E-state index is 0.576. The van der Waals surface area contributed by atoms with Crippen LogP contribution in [0.4, 0.5) is 0 Å². The summed E-state index contributed by atoms with van der Waals surface area (Å²) in [5.74, 6) is 0.593. The Morgan fingerprint density at radius 1 is 1.18 bits per heavy atom. The summed E-state index contributed by atoms with van der Waals surface area (Å²) >= 11 is 6.39. The van der Waals surface area contributed by atoms with Gasteiger partial charge in [-0.1, -0.05) is 43.6 Å². The van der Waals surface area contributed by atoms with Crippen LogP contribution in [0.5, 0.6) is 0 Å². The molecule has 0 aliphatic carbocycles. The van der Waals surface area contributed by atoms with Crippen molar-refractivity contribution in [3.05, 3.63) is 64.8 Å². The number of aromatic nitrogens is 1. The maximum absolute atomic E-state index is 8.98. The molecule has 0 radical (unpaired) electrons. The Morgan fingerprint density at radius 3 is 2.64 bits per heavy atom. The molecule has 3 heteroatoms. The molecule has 2 nitrogen and oxygen atoms in total. The second-order valence-electron chi connectivity index (χ2n) is 5.92. The summed E-state index contributed by atoms with van der Waals surface area (Å²) in [6.45, 7) is 4.45. The summed E-state index contributed by atoms with van der Waals surface area (Å²) in [6.07, 6.45) is 3.19. The van der Waals surface area contributed by atoms with Gasteiger partial charge < -0.3 is 4.57 Å². The van der Waals surface area contributed by atoms with Crippen LogP contribution < -0.4 is 0 Å². The fraction of sp³-hybridized carbons (Fsp3) is 0.211. The van der Waals surface area contributed by atoms with Crippen LogP contribution >= 0.6 is 11.6 Å². The molecule has 0 bridgehead atoms. The lowest BCUT2D eigenvalue weighted by atomic mass is 10.0. The highest BCUT2D eigenvalue weighted by Crippen LogP contribution is 2.30. The number of halogens is 1. The molecule has 1 aromatic heterocycles. The molecule has 110 valence electrons. The van der Waals surface area contributed by atoms with E-state index in [0.29, 0.717) is 16.5 Å². The van der Waals surface area contributed by atoms with E-state index in [9.17, 15) is 0 Å². The monoisotopic (exact) mass is 308 g/mol. The zero-order valence-corrected chi connectivity index (χ0v) is 13.4. The Bertz CT molecular complexity index is 869. The fourth-order valence-corrected chi connectivity index (χ4v) is 3.10. The van der Waals surface area contributed by atoms with E-state index in [1.165, 1.54) is 10.9 Å². The molecule has 0 spiro atoms. The summed E-state index contributed by atoms with van der Waals surface area (Å²) in [5, 5.41) is 10.8. The summed E-state index contributed by atoms with van der Waals surface area (Å²) in [5.41, 5.74) is 3.95. The zero-order valence-electron chi connectivity index (χ0n) is 12.7. The minimum absolute atomic E-state index is 0.576. The maximum atomic E-state index is 8.98. The number of benzene rings is 2. The van der Waals surface area contributed by atoms with Crippen LogP contribution in [-0.4, -0.2) is 4.57 Å². The van der Waals surface area contributed by atoms with Gasteiger partial charge in [-0.2, -0.15) is 5.26 Å². The normalized spacial score (nSPS) is 11.0. The van der Waals surface area contributed by atoms with Crippen molar-refractivity contribution in [2.24, 2.45) is 5.92 Å². The van der Waals surface area contributed by atoms with Crippen LogP contribution in [0.3, 0.4) is 0 Å². The van der Waals surface area contributed by atoms with Crippen molar-refractivity contribution in [1.82, 2.24) is 4.57 Å². The van der Waals surface area contributed by atoms with Gasteiger partial charge in [0.2, 0.25) is 0 Å². The van der Waals surface area contributed by atoms with Crippen LogP contribution in [0.15, 0.2) is 48.7 Å². The molecular formula is C19H17ClN2. The number of hydrogen-bond donors (Lipinski definition) is 0. The van der Waals surface area contributed by atoms with Crippen molar-refractivity contribution >= 4 is 22.5 Å². The Hall–Kier alpha value is -2.24. The van der Waals surface area contributed by atoms with Crippen molar-refractivity contribution in [2.75, 3.05) is 0 Å². The second-order valence-corrected chi connectivity index (χ2v) is 6.32. The highest BCUT2D eigenvalue weighted by molar-refractivity contribution is 6.32. The number of fused-ring (bicyclic) bond motifs is 1. The minimum Gasteiger partial charge on any atom is -0.315 e. The molecule has 0 saturated heterocycles. The van der Waals surface area contributed by atoms with Gasteiger partial charge in [-0.25, -0.2) is 0 Å². The van der Waals surface area contributed by atoms with Gasteiger partial charge >= 0.3 is 0 Å². The van der Waals surface area contributed by atoms with Crippen LogP contribution in [0.1, 0.15) is 25.0 Å². The molecule has 22 heavy (non-hydrogen) atoms. The number of hydrogen-bond acceptors (Lipinski definition) is 1. The van der Waals surface area contributed by atoms with Crippen molar-refractivity contribution in [3.8, 4) is 11.8 Å². The summed E-state index contributed by atoms with van der Waals surface area (Å²) in [6, 6.07) is 15.9. The van der Waals surface area contributed by atoms with E-state index < -0.39 is 0 Å². The van der Waals surface area contributed by atoms with Gasteiger partial charge in [-0.15, -0.1) is 0 Å². The van der Waals surface area contributed by atoms with Gasteiger partial charge in [0.1, 0.15) is 0 Å². The summed E-state index contributed by atoms with van der Waals surface area (Å²) < 4.78 is 2.12. The molecule has 0 atom stereocenters. The van der Waals surface area contributed by atoms with Crippen molar-refractivity contribution in [2.45, 2.75) is 20.3 Å². The molecule has 2 aromatic carbocycles. The van der Waals surface area contributed by atoms with Crippen molar-refractivity contribution in [1.29, 1.82) is 5.26 Å². The van der Waals surface area contributed by atoms with Crippen LogP contribution in [0.2, 0.25) is 5.02 Å². The molecule has 0 aliphatic heterocycles. The lowest BCUT2D eigenvalue weighted by Crippen LogP contribution is -1.95. The third kappa shape index (κ3) is 2.61. The smallest absolute Gasteiger partial charge is 0.0992 e. The van der Waals surface area contributed by atoms with Gasteiger partial charge in [0, 0.05) is 11.6 Å². The van der Waals surface area contributed by atoms with Gasteiger partial charge in [0.05, 0.1) is 27.9 Å². The molecule has 0 amide bonds. The molecule has 0 fully saturated rings. The molecule has 0 N–H and O–H groups in total. The molecule has 0 unspecified atom stereocenters. The zero-order chi connectivity index (χ0) is 15.7. The number of rotatable bonds is 3. The lowest BCUT2D eigenvalue weighted by Gasteiger charge is -2.08. The predicted octanol–water partition coefficient (Wildman–Crippen LogP) is 5.35. The third-order valence-electron chi connectivity index (χ3n) is 3.76. The second kappa shape index (κ2) is 5.87. The SMILES string of the molecule is CC(C)Cc1cn(-c2ccc(C#N)cc2Cl)c2ccccc12. The molecular weight excluding hydrogens is 292 g/mol. The molecule has 3 aromatic rings. The largest absolute Gasteiger partial charge is 0.315 e. The van der Waals surface area contributed by atoms with E-state index >= 15 is 0 Å². The summed E-state index contributed by atoms with van der Waals surface area (Å²) in [7, 11) is 0. The number of para-hydroxylation sites is 1. The maximum Gasteiger partial charge on any atom is 0.0992 e. The van der Waals surface area contributed by atoms with Gasteiger partial charge in [-0.3, -0.25) is 0 Å². The lowest BCUT2D eigenvalue weighted by molar-refractivity contribution is 0.649. The predicted molar refractivity (Wildman–Crippen MR) is 91.5 cm³/mol. The highest BCUT2D eigenvalue weighted by Gasteiger charge is 2.12. The first-order valence-electron chi connectivity index (χ1n) is 7.39. The molecule has 0 saturated carbocycles. The first-order valence-corrected chi connectivity index (χ1v) is 7.77. The topological polar surface area (TPSA) is 28.7 Å². The van der Waals surface area contributed by atoms with Crippen LogP contribution in [0, 0.1) is 17.2 Å². The number of nitrogens with zero attached hydrogens (tertiary/aromatic N) is 2. The average Bonchev–Trinajstić information content (AvgIpc) is 2.85. The first kappa shape index (κ1) is 14.7. The molecule has 0 aliphatic rings. The standard InChI is InChI=1S/C19H17ClN2/c1-13(2)9-15-12-22(18-6-4-3-5-16(15)18)19-8-7-14(11-21)10-17(19)20/h3-8,10,12-13H,9H2,1-2H3. The van der Waals surface area contributed by atoms with Gasteiger partial charge in [0.15, 0.2) is 0 Å². The Morgan fingerprint density at radius 2 is 1.95 bits per heavy atom. The highest BCUT2D eigenvalue weighted by atomic mass is 35.5. The van der Waals surface area contributed by atoms with Gasteiger partial charge in [0.25, 0.3) is 0 Å². The van der Waals surface area contributed by atoms with E-state index in [0.717, 1.165) is 17.6 Å². The van der Waals surface area contributed by atoms with E-state index in [1.54, 1.807) is 12.1 Å². The quantitative estimate of drug-likeness (QED) is 0.640. The van der Waals surface area contributed by atoms with Crippen LogP contribution in [0.25, 0.3) is 16.6 Å². The Labute approximate surface area is 135 Å². The molecule has 3 rings (SSSR count). The van der Waals surface area contributed by atoms with Gasteiger partial charge in [-0.05, 0) is 42.2 Å². The summed E-state index contributed by atoms with van der Waals surface area (Å²) in [4.78, 5) is 0. The van der Waals surface area contributed by atoms with Crippen LogP contribution in [-0.2, 0) is 6.42 Å². The molecule has 1 heterocycles. The average molecular weight is 309 g/mol. The third-order valence-corrected chi connectivity index (χ3v) is 4.06. The van der Waals surface area contributed by atoms with E-state index in [1.807, 2.05) is 12.1 Å². The first-order chi connectivity index (χ1) is 10.6. The number of nitriles is 1. The fourth-order valence-electron chi connectivity index (χ4n) is 2.82. The van der Waals surface area contributed by atoms with Crippen molar-refractivity contribution < 1.29 is 0 Å². The van der Waals surface area contributed by atoms with E-state index in [-0.39, 0.29) is 0 Å². The Balaban J connectivity index is 2.21. The van der Waals surface area contributed by atoms with E-state index in [2.05, 4.69) is 48.9 Å². The van der Waals surface area contributed by atoms with Crippen molar-refractivity contribution in [3.63, 3.8) is 0 Å².